The third kappa shape index (κ3) is 2.19. The summed E-state index contributed by atoms with van der Waals surface area (Å²) in [5.74, 6) is 0.562. The van der Waals surface area contributed by atoms with Gasteiger partial charge in [-0.15, -0.1) is 0 Å². The van der Waals surface area contributed by atoms with Crippen molar-refractivity contribution in [3.8, 4) is 0 Å². The Balaban J connectivity index is 2.97. The second-order valence-electron chi connectivity index (χ2n) is 3.44. The molecule has 0 radical (unpaired) electrons. The van der Waals surface area contributed by atoms with Crippen LogP contribution in [0.15, 0.2) is 10.9 Å². The Hall–Kier alpha value is -1.12. The Labute approximate surface area is 71.8 Å². The normalized spacial score (nSPS) is 10.7. The van der Waals surface area contributed by atoms with Gasteiger partial charge in [-0.05, 0) is 24.8 Å². The molecule has 0 amide bonds. The van der Waals surface area contributed by atoms with Crippen molar-refractivity contribution < 1.29 is 0 Å². The van der Waals surface area contributed by atoms with Gasteiger partial charge in [-0.3, -0.25) is 4.79 Å². The van der Waals surface area contributed by atoms with Crippen molar-refractivity contribution in [2.75, 3.05) is 0 Å². The summed E-state index contributed by atoms with van der Waals surface area (Å²) in [6.45, 7) is 6.16. The highest BCUT2D eigenvalue weighted by Crippen LogP contribution is 2.07. The van der Waals surface area contributed by atoms with E-state index in [0.717, 1.165) is 17.7 Å². The topological polar surface area (TPSA) is 45.8 Å². The van der Waals surface area contributed by atoms with Gasteiger partial charge in [-0.1, -0.05) is 13.8 Å². The van der Waals surface area contributed by atoms with Gasteiger partial charge in [-0.2, -0.15) is 5.10 Å². The molecular formula is C9H14N2O. The van der Waals surface area contributed by atoms with Crippen molar-refractivity contribution in [2.24, 2.45) is 5.92 Å². The molecule has 12 heavy (non-hydrogen) atoms. The molecule has 1 heterocycles. The number of H-pyrrole nitrogens is 1. The minimum atomic E-state index is -0.115. The summed E-state index contributed by atoms with van der Waals surface area (Å²) in [5, 5.41) is 6.30. The molecule has 0 saturated heterocycles. The van der Waals surface area contributed by atoms with Crippen LogP contribution < -0.4 is 5.56 Å². The molecule has 0 aliphatic rings. The number of aromatic amines is 1. The van der Waals surface area contributed by atoms with Crippen LogP contribution in [0.4, 0.5) is 0 Å². The zero-order valence-corrected chi connectivity index (χ0v) is 7.72. The standard InChI is InChI=1S/C9H14N2O/c1-6(2)4-8-5-9(12)11-10-7(8)3/h5-6H,4H2,1-3H3,(H,11,12). The van der Waals surface area contributed by atoms with Crippen LogP contribution in [0.5, 0.6) is 0 Å². The van der Waals surface area contributed by atoms with E-state index >= 15 is 0 Å². The number of rotatable bonds is 2. The van der Waals surface area contributed by atoms with Gasteiger partial charge in [0.1, 0.15) is 0 Å². The lowest BCUT2D eigenvalue weighted by Crippen LogP contribution is -2.11. The van der Waals surface area contributed by atoms with E-state index in [-0.39, 0.29) is 5.56 Å². The third-order valence-corrected chi connectivity index (χ3v) is 1.73. The summed E-state index contributed by atoms with van der Waals surface area (Å²) >= 11 is 0. The van der Waals surface area contributed by atoms with Gasteiger partial charge in [0.05, 0.1) is 5.69 Å². The van der Waals surface area contributed by atoms with E-state index in [9.17, 15) is 4.79 Å². The lowest BCUT2D eigenvalue weighted by atomic mass is 10.0. The second-order valence-corrected chi connectivity index (χ2v) is 3.44. The quantitative estimate of drug-likeness (QED) is 0.719. The number of aryl methyl sites for hydroxylation is 1. The number of hydrogen-bond donors (Lipinski definition) is 1. The van der Waals surface area contributed by atoms with Crippen LogP contribution in [0.25, 0.3) is 0 Å². The fraction of sp³-hybridized carbons (Fsp3) is 0.556. The number of aromatic nitrogens is 2. The first-order valence-corrected chi connectivity index (χ1v) is 4.15. The highest BCUT2D eigenvalue weighted by Gasteiger charge is 2.02. The SMILES string of the molecule is Cc1n[nH]c(=O)cc1CC(C)C. The van der Waals surface area contributed by atoms with E-state index in [1.807, 2.05) is 6.92 Å². The van der Waals surface area contributed by atoms with Crippen molar-refractivity contribution >= 4 is 0 Å². The van der Waals surface area contributed by atoms with Gasteiger partial charge in [0.15, 0.2) is 0 Å². The van der Waals surface area contributed by atoms with E-state index in [1.165, 1.54) is 0 Å². The molecule has 0 bridgehead atoms. The van der Waals surface area contributed by atoms with Crippen LogP contribution >= 0.6 is 0 Å². The monoisotopic (exact) mass is 166 g/mol. The molecule has 0 spiro atoms. The summed E-state index contributed by atoms with van der Waals surface area (Å²) in [7, 11) is 0. The fourth-order valence-corrected chi connectivity index (χ4v) is 1.15. The van der Waals surface area contributed by atoms with Crippen LogP contribution in [-0.4, -0.2) is 10.2 Å². The zero-order chi connectivity index (χ0) is 9.14. The molecule has 0 unspecified atom stereocenters. The third-order valence-electron chi connectivity index (χ3n) is 1.73. The molecule has 0 fully saturated rings. The smallest absolute Gasteiger partial charge is 0.264 e. The fourth-order valence-electron chi connectivity index (χ4n) is 1.15. The molecule has 1 aromatic rings. The van der Waals surface area contributed by atoms with Gasteiger partial charge in [0, 0.05) is 6.07 Å². The summed E-state index contributed by atoms with van der Waals surface area (Å²) in [4.78, 5) is 10.9. The van der Waals surface area contributed by atoms with Crippen molar-refractivity contribution in [3.05, 3.63) is 27.7 Å². The van der Waals surface area contributed by atoms with Crippen LogP contribution in [0.2, 0.25) is 0 Å². The molecule has 1 N–H and O–H groups in total. The first-order valence-electron chi connectivity index (χ1n) is 4.15. The molecule has 3 nitrogen and oxygen atoms in total. The average molecular weight is 166 g/mol. The molecular weight excluding hydrogens is 152 g/mol. The first-order chi connectivity index (χ1) is 5.59. The predicted molar refractivity (Wildman–Crippen MR) is 48.1 cm³/mol. The van der Waals surface area contributed by atoms with Gasteiger partial charge in [-0.25, -0.2) is 5.10 Å². The van der Waals surface area contributed by atoms with Crippen molar-refractivity contribution in [3.63, 3.8) is 0 Å². The predicted octanol–water partition coefficient (Wildman–Crippen LogP) is 1.28. The maximum Gasteiger partial charge on any atom is 0.264 e. The van der Waals surface area contributed by atoms with E-state index in [0.29, 0.717) is 5.92 Å². The average Bonchev–Trinajstić information content (AvgIpc) is 1.96. The summed E-state index contributed by atoms with van der Waals surface area (Å²) in [6.07, 6.45) is 0.919. The Bertz CT molecular complexity index is 315. The Morgan fingerprint density at radius 3 is 2.83 bits per heavy atom. The molecule has 0 aliphatic heterocycles. The van der Waals surface area contributed by atoms with Gasteiger partial charge in [0.2, 0.25) is 0 Å². The summed E-state index contributed by atoms with van der Waals surface area (Å²) in [5.41, 5.74) is 1.85. The highest BCUT2D eigenvalue weighted by molar-refractivity contribution is 5.16. The van der Waals surface area contributed by atoms with Crippen LogP contribution in [0, 0.1) is 12.8 Å². The van der Waals surface area contributed by atoms with Gasteiger partial charge in [0.25, 0.3) is 5.56 Å². The first kappa shape index (κ1) is 8.97. The maximum absolute atomic E-state index is 10.9. The molecule has 0 atom stereocenters. The lowest BCUT2D eigenvalue weighted by molar-refractivity contribution is 0.639. The number of nitrogens with zero attached hydrogens (tertiary/aromatic N) is 1. The Morgan fingerprint density at radius 1 is 1.58 bits per heavy atom. The molecule has 66 valence electrons. The van der Waals surface area contributed by atoms with Crippen molar-refractivity contribution in [1.82, 2.24) is 10.2 Å². The molecule has 0 aliphatic carbocycles. The second kappa shape index (κ2) is 3.52. The Kier molecular flexibility index (Phi) is 2.63. The maximum atomic E-state index is 10.9. The minimum Gasteiger partial charge on any atom is -0.268 e. The van der Waals surface area contributed by atoms with Gasteiger partial charge < -0.3 is 0 Å². The van der Waals surface area contributed by atoms with Crippen molar-refractivity contribution in [1.29, 1.82) is 0 Å². The molecule has 3 heteroatoms. The van der Waals surface area contributed by atoms with Gasteiger partial charge >= 0.3 is 0 Å². The molecule has 0 saturated carbocycles. The van der Waals surface area contributed by atoms with Crippen molar-refractivity contribution in [2.45, 2.75) is 27.2 Å². The summed E-state index contributed by atoms with van der Waals surface area (Å²) < 4.78 is 0. The van der Waals surface area contributed by atoms with E-state index < -0.39 is 0 Å². The van der Waals surface area contributed by atoms with Crippen LogP contribution in [0.3, 0.4) is 0 Å². The van der Waals surface area contributed by atoms with E-state index in [4.69, 9.17) is 0 Å². The van der Waals surface area contributed by atoms with E-state index in [1.54, 1.807) is 6.07 Å². The molecule has 1 aromatic heterocycles. The van der Waals surface area contributed by atoms with Crippen LogP contribution in [0.1, 0.15) is 25.1 Å². The number of nitrogens with one attached hydrogen (secondary N) is 1. The largest absolute Gasteiger partial charge is 0.268 e. The minimum absolute atomic E-state index is 0.115. The zero-order valence-electron chi connectivity index (χ0n) is 7.72. The lowest BCUT2D eigenvalue weighted by Gasteiger charge is -2.05. The van der Waals surface area contributed by atoms with E-state index in [2.05, 4.69) is 24.0 Å². The Morgan fingerprint density at radius 2 is 2.25 bits per heavy atom. The molecule has 0 aromatic carbocycles. The highest BCUT2D eigenvalue weighted by atomic mass is 16.1. The molecule has 1 rings (SSSR count). The summed E-state index contributed by atoms with van der Waals surface area (Å²) in [6, 6.07) is 1.63. The number of hydrogen-bond acceptors (Lipinski definition) is 2. The van der Waals surface area contributed by atoms with Crippen LogP contribution in [-0.2, 0) is 6.42 Å².